The molecule has 35 heavy (non-hydrogen) atoms. The van der Waals surface area contributed by atoms with E-state index in [9.17, 15) is 0 Å². The van der Waals surface area contributed by atoms with Crippen LogP contribution in [0.4, 0.5) is 0 Å². The molecule has 0 aliphatic carbocycles. The molecule has 6 rings (SSSR count). The van der Waals surface area contributed by atoms with Crippen LogP contribution in [0.1, 0.15) is 31.9 Å². The van der Waals surface area contributed by atoms with E-state index in [4.69, 9.17) is 0 Å². The topological polar surface area (TPSA) is 0 Å². The second-order valence-electron chi connectivity index (χ2n) is 10.7. The predicted octanol–water partition coefficient (Wildman–Crippen LogP) is 10.1. The number of fused-ring (bicyclic) bond motifs is 3. The molecule has 0 atom stereocenters. The number of hydrogen-bond donors (Lipinski definition) is 0. The van der Waals surface area contributed by atoms with Crippen LogP contribution >= 0.6 is 0 Å². The largest absolute Gasteiger partial charge is 0.0622 e. The highest BCUT2D eigenvalue weighted by Crippen LogP contribution is 2.45. The molecule has 0 nitrogen and oxygen atoms in total. The summed E-state index contributed by atoms with van der Waals surface area (Å²) in [5, 5.41) is 7.80. The molecule has 0 fully saturated rings. The Kier molecular flexibility index (Phi) is 5.00. The normalized spacial score (nSPS) is 12.0. The van der Waals surface area contributed by atoms with Gasteiger partial charge < -0.3 is 0 Å². The van der Waals surface area contributed by atoms with Crippen molar-refractivity contribution in [3.8, 4) is 22.3 Å². The number of rotatable bonds is 2. The van der Waals surface area contributed by atoms with E-state index in [0.717, 1.165) is 0 Å². The number of benzene rings is 6. The third kappa shape index (κ3) is 3.70. The van der Waals surface area contributed by atoms with Crippen molar-refractivity contribution in [3.63, 3.8) is 0 Å². The van der Waals surface area contributed by atoms with Gasteiger partial charge in [0.05, 0.1) is 0 Å². The summed E-state index contributed by atoms with van der Waals surface area (Å²) < 4.78 is 0. The fraction of sp³-hybridized carbons (Fsp3) is 0.143. The zero-order chi connectivity index (χ0) is 24.2. The van der Waals surface area contributed by atoms with Gasteiger partial charge in [0.25, 0.3) is 0 Å². The van der Waals surface area contributed by atoms with E-state index in [0.29, 0.717) is 0 Å². The maximum absolute atomic E-state index is 2.43. The minimum absolute atomic E-state index is 0.0743. The molecule has 6 aromatic rings. The molecule has 170 valence electrons. The van der Waals surface area contributed by atoms with Gasteiger partial charge in [0.15, 0.2) is 0 Å². The smallest absolute Gasteiger partial charge is 0.00260 e. The average Bonchev–Trinajstić information content (AvgIpc) is 2.86. The molecular formula is C35H30. The van der Waals surface area contributed by atoms with Crippen molar-refractivity contribution in [1.82, 2.24) is 0 Å². The first-order chi connectivity index (χ1) is 16.9. The van der Waals surface area contributed by atoms with Crippen molar-refractivity contribution in [2.45, 2.75) is 33.1 Å². The van der Waals surface area contributed by atoms with Gasteiger partial charge in [-0.3, -0.25) is 0 Å². The maximum atomic E-state index is 2.43. The quantitative estimate of drug-likeness (QED) is 0.230. The molecular weight excluding hydrogens is 420 g/mol. The van der Waals surface area contributed by atoms with Crippen LogP contribution in [-0.4, -0.2) is 0 Å². The van der Waals surface area contributed by atoms with Crippen LogP contribution < -0.4 is 0 Å². The third-order valence-electron chi connectivity index (χ3n) is 7.24. The van der Waals surface area contributed by atoms with Crippen molar-refractivity contribution in [3.05, 3.63) is 120 Å². The molecule has 0 aliphatic rings. The Hall–Kier alpha value is -3.90. The summed E-state index contributed by atoms with van der Waals surface area (Å²) in [7, 11) is 0. The second kappa shape index (κ2) is 8.10. The van der Waals surface area contributed by atoms with E-state index in [2.05, 4.69) is 137 Å². The summed E-state index contributed by atoms with van der Waals surface area (Å²) in [6.07, 6.45) is 0. The molecule has 0 aliphatic heterocycles. The van der Waals surface area contributed by atoms with Crippen molar-refractivity contribution >= 4 is 32.3 Å². The lowest BCUT2D eigenvalue weighted by Gasteiger charge is -2.23. The fourth-order valence-corrected chi connectivity index (χ4v) is 5.39. The van der Waals surface area contributed by atoms with E-state index >= 15 is 0 Å². The van der Waals surface area contributed by atoms with Gasteiger partial charge in [-0.05, 0) is 84.6 Å². The second-order valence-corrected chi connectivity index (χ2v) is 10.7. The minimum atomic E-state index is 0.0743. The molecule has 6 aromatic carbocycles. The van der Waals surface area contributed by atoms with Crippen molar-refractivity contribution in [1.29, 1.82) is 0 Å². The zero-order valence-electron chi connectivity index (χ0n) is 20.9. The van der Waals surface area contributed by atoms with Gasteiger partial charge in [-0.15, -0.1) is 0 Å². The van der Waals surface area contributed by atoms with Gasteiger partial charge in [-0.2, -0.15) is 0 Å². The molecule has 0 saturated heterocycles. The number of aryl methyl sites for hydroxylation is 1. The lowest BCUT2D eigenvalue weighted by atomic mass is 9.81. The molecule has 0 unspecified atom stereocenters. The molecule has 0 N–H and O–H groups in total. The Morgan fingerprint density at radius 3 is 1.77 bits per heavy atom. The number of hydrogen-bond acceptors (Lipinski definition) is 0. The molecule has 0 heterocycles. The van der Waals surface area contributed by atoms with Gasteiger partial charge in [-0.1, -0.05) is 123 Å². The highest BCUT2D eigenvalue weighted by molar-refractivity contribution is 6.21. The maximum Gasteiger partial charge on any atom is -0.00260 e. The van der Waals surface area contributed by atoms with Crippen LogP contribution in [0.15, 0.2) is 109 Å². The highest BCUT2D eigenvalue weighted by atomic mass is 14.2. The summed E-state index contributed by atoms with van der Waals surface area (Å²) in [5.41, 5.74) is 7.90. The predicted molar refractivity (Wildman–Crippen MR) is 153 cm³/mol. The molecule has 0 amide bonds. The fourth-order valence-electron chi connectivity index (χ4n) is 5.39. The molecule has 0 spiro atoms. The van der Waals surface area contributed by atoms with Crippen molar-refractivity contribution in [2.75, 3.05) is 0 Å². The third-order valence-corrected chi connectivity index (χ3v) is 7.24. The van der Waals surface area contributed by atoms with Crippen LogP contribution in [-0.2, 0) is 5.41 Å². The first-order valence-corrected chi connectivity index (χ1v) is 12.5. The lowest BCUT2D eigenvalue weighted by molar-refractivity contribution is 0.591. The van der Waals surface area contributed by atoms with Gasteiger partial charge in [0, 0.05) is 0 Å². The van der Waals surface area contributed by atoms with Crippen LogP contribution in [0.2, 0.25) is 0 Å². The monoisotopic (exact) mass is 450 g/mol. The summed E-state index contributed by atoms with van der Waals surface area (Å²) in [6, 6.07) is 40.5. The average molecular weight is 451 g/mol. The van der Waals surface area contributed by atoms with E-state index in [1.54, 1.807) is 0 Å². The Bertz CT molecular complexity index is 1710. The summed E-state index contributed by atoms with van der Waals surface area (Å²) in [5.74, 6) is 0. The van der Waals surface area contributed by atoms with E-state index in [1.165, 1.54) is 65.7 Å². The Balaban J connectivity index is 1.79. The Labute approximate surface area is 207 Å². The van der Waals surface area contributed by atoms with Gasteiger partial charge >= 0.3 is 0 Å². The molecule has 0 saturated carbocycles. The summed E-state index contributed by atoms with van der Waals surface area (Å²) >= 11 is 0. The molecule has 0 radical (unpaired) electrons. The Morgan fingerprint density at radius 2 is 1.06 bits per heavy atom. The van der Waals surface area contributed by atoms with Crippen LogP contribution in [0.5, 0.6) is 0 Å². The first-order valence-electron chi connectivity index (χ1n) is 12.5. The van der Waals surface area contributed by atoms with E-state index in [-0.39, 0.29) is 5.41 Å². The minimum Gasteiger partial charge on any atom is -0.0622 e. The molecule has 0 heteroatoms. The van der Waals surface area contributed by atoms with Gasteiger partial charge in [0.1, 0.15) is 0 Å². The standard InChI is InChI=1S/C35H30/c1-23-14-15-26-21-27(17-16-25(26)20-23)34-30-13-9-8-12-29(30)33(24-10-6-5-7-11-24)31-19-18-28(22-32(31)34)35(2,3)4/h5-22H,1-4H3. The lowest BCUT2D eigenvalue weighted by Crippen LogP contribution is -2.10. The zero-order valence-corrected chi connectivity index (χ0v) is 20.9. The van der Waals surface area contributed by atoms with Gasteiger partial charge in [-0.25, -0.2) is 0 Å². The summed E-state index contributed by atoms with van der Waals surface area (Å²) in [4.78, 5) is 0. The van der Waals surface area contributed by atoms with Crippen molar-refractivity contribution in [2.24, 2.45) is 0 Å². The van der Waals surface area contributed by atoms with Crippen molar-refractivity contribution < 1.29 is 0 Å². The molecule has 0 bridgehead atoms. The summed E-state index contributed by atoms with van der Waals surface area (Å²) in [6.45, 7) is 9.05. The van der Waals surface area contributed by atoms with Crippen LogP contribution in [0, 0.1) is 6.92 Å². The first kappa shape index (κ1) is 21.6. The highest BCUT2D eigenvalue weighted by Gasteiger charge is 2.20. The van der Waals surface area contributed by atoms with Crippen LogP contribution in [0.3, 0.4) is 0 Å². The SMILES string of the molecule is Cc1ccc2cc(-c3c4ccccc4c(-c4ccccc4)c4ccc(C(C)(C)C)cc34)ccc2c1. The van der Waals surface area contributed by atoms with Gasteiger partial charge in [0.2, 0.25) is 0 Å². The van der Waals surface area contributed by atoms with E-state index < -0.39 is 0 Å². The van der Waals surface area contributed by atoms with E-state index in [1.807, 2.05) is 0 Å². The van der Waals surface area contributed by atoms with Crippen LogP contribution in [0.25, 0.3) is 54.6 Å². The Morgan fingerprint density at radius 1 is 0.457 bits per heavy atom. The molecule has 0 aromatic heterocycles.